The lowest BCUT2D eigenvalue weighted by Crippen LogP contribution is -2.26. The molecular weight excluding hydrogens is 446 g/mol. The van der Waals surface area contributed by atoms with Crippen molar-refractivity contribution >= 4 is 34.3 Å². The third-order valence-electron chi connectivity index (χ3n) is 5.47. The first-order valence-corrected chi connectivity index (χ1v) is 11.9. The molecule has 1 atom stereocenters. The first kappa shape index (κ1) is 23.6. The monoisotopic (exact) mass is 473 g/mol. The molecule has 174 valence electrons. The molecule has 1 amide bonds. The number of thioether (sulfide) groups is 1. The van der Waals surface area contributed by atoms with Gasteiger partial charge in [-0.25, -0.2) is 4.98 Å². The van der Waals surface area contributed by atoms with Crippen LogP contribution in [0.1, 0.15) is 23.6 Å². The molecule has 4 aromatic rings. The summed E-state index contributed by atoms with van der Waals surface area (Å²) in [6.07, 6.45) is 0. The molecule has 34 heavy (non-hydrogen) atoms. The predicted molar refractivity (Wildman–Crippen MR) is 138 cm³/mol. The molecule has 0 aliphatic heterocycles. The van der Waals surface area contributed by atoms with Gasteiger partial charge in [-0.15, -0.1) is 0 Å². The summed E-state index contributed by atoms with van der Waals surface area (Å²) < 4.78 is 6.98. The summed E-state index contributed by atoms with van der Waals surface area (Å²) in [5.74, 6) is 0.385. The Hall–Kier alpha value is -3.58. The Morgan fingerprint density at radius 1 is 1.00 bits per heavy atom. The van der Waals surface area contributed by atoms with Crippen LogP contribution >= 0.6 is 11.8 Å². The second-order valence-electron chi connectivity index (χ2n) is 8.35. The van der Waals surface area contributed by atoms with E-state index in [9.17, 15) is 9.59 Å². The molecule has 4 rings (SSSR count). The highest BCUT2D eigenvalue weighted by Gasteiger charge is 2.21. The number of amides is 1. The highest BCUT2D eigenvalue weighted by atomic mass is 32.2. The summed E-state index contributed by atoms with van der Waals surface area (Å²) in [5.41, 5.74) is 4.88. The number of carbonyl (C=O) groups is 1. The smallest absolute Gasteiger partial charge is 0.266 e. The fourth-order valence-corrected chi connectivity index (χ4v) is 4.79. The van der Waals surface area contributed by atoms with E-state index in [4.69, 9.17) is 9.72 Å². The lowest BCUT2D eigenvalue weighted by atomic mass is 10.1. The largest absolute Gasteiger partial charge is 0.495 e. The predicted octanol–water partition coefficient (Wildman–Crippen LogP) is 5.44. The van der Waals surface area contributed by atoms with Crippen molar-refractivity contribution in [2.75, 3.05) is 12.4 Å². The van der Waals surface area contributed by atoms with E-state index in [0.717, 1.165) is 22.4 Å². The highest BCUT2D eigenvalue weighted by molar-refractivity contribution is 8.00. The third kappa shape index (κ3) is 4.84. The number of hydrogen-bond acceptors (Lipinski definition) is 5. The second kappa shape index (κ2) is 9.73. The van der Waals surface area contributed by atoms with Crippen molar-refractivity contribution in [2.45, 2.75) is 38.1 Å². The summed E-state index contributed by atoms with van der Waals surface area (Å²) in [5, 5.41) is 3.43. The van der Waals surface area contributed by atoms with Gasteiger partial charge in [0, 0.05) is 0 Å². The third-order valence-corrected chi connectivity index (χ3v) is 6.53. The molecule has 0 fully saturated rings. The van der Waals surface area contributed by atoms with Gasteiger partial charge in [0.05, 0.1) is 34.6 Å². The van der Waals surface area contributed by atoms with Crippen molar-refractivity contribution in [3.05, 3.63) is 87.7 Å². The maximum Gasteiger partial charge on any atom is 0.266 e. The summed E-state index contributed by atoms with van der Waals surface area (Å²) in [4.78, 5) is 31.4. The Balaban J connectivity index is 1.74. The van der Waals surface area contributed by atoms with Crippen LogP contribution in [0.2, 0.25) is 0 Å². The molecule has 0 spiro atoms. The number of fused-ring (bicyclic) bond motifs is 1. The number of ether oxygens (including phenoxy) is 1. The highest BCUT2D eigenvalue weighted by Crippen LogP contribution is 2.29. The van der Waals surface area contributed by atoms with Crippen LogP contribution < -0.4 is 15.6 Å². The molecule has 6 nitrogen and oxygen atoms in total. The normalized spacial score (nSPS) is 11.9. The maximum atomic E-state index is 13.5. The van der Waals surface area contributed by atoms with E-state index in [1.165, 1.54) is 11.8 Å². The van der Waals surface area contributed by atoms with E-state index in [1.54, 1.807) is 24.7 Å². The number of anilines is 1. The van der Waals surface area contributed by atoms with E-state index < -0.39 is 5.25 Å². The first-order chi connectivity index (χ1) is 16.3. The number of methoxy groups -OCH3 is 1. The average Bonchev–Trinajstić information content (AvgIpc) is 2.78. The molecule has 0 saturated carbocycles. The quantitative estimate of drug-likeness (QED) is 0.298. The van der Waals surface area contributed by atoms with Crippen molar-refractivity contribution < 1.29 is 9.53 Å². The zero-order chi connectivity index (χ0) is 24.4. The number of nitrogens with zero attached hydrogens (tertiary/aromatic N) is 2. The lowest BCUT2D eigenvalue weighted by Gasteiger charge is -2.18. The molecular formula is C27H27N3O3S. The average molecular weight is 474 g/mol. The molecule has 0 radical (unpaired) electrons. The van der Waals surface area contributed by atoms with Crippen molar-refractivity contribution in [1.82, 2.24) is 9.55 Å². The van der Waals surface area contributed by atoms with Crippen molar-refractivity contribution in [1.29, 1.82) is 0 Å². The SMILES string of the molecule is COc1ccc(C)cc1NC(=O)C(C)Sc1nc2ccccc2c(=O)n1-c1cc(C)cc(C)c1. The Labute approximate surface area is 203 Å². The Morgan fingerprint density at radius 2 is 1.71 bits per heavy atom. The van der Waals surface area contributed by atoms with Gasteiger partial charge < -0.3 is 10.1 Å². The minimum atomic E-state index is -0.518. The number of benzene rings is 3. The van der Waals surface area contributed by atoms with Gasteiger partial charge in [-0.05, 0) is 80.8 Å². The standard InChI is InChI=1S/C27H27N3O3S/c1-16-10-11-24(33-5)23(15-16)28-25(31)19(4)34-27-29-22-9-7-6-8-21(22)26(32)30(27)20-13-17(2)12-18(3)14-20/h6-15,19H,1-5H3,(H,28,31). The fourth-order valence-electron chi connectivity index (χ4n) is 3.86. The van der Waals surface area contributed by atoms with Crippen molar-refractivity contribution in [3.8, 4) is 11.4 Å². The van der Waals surface area contributed by atoms with E-state index in [0.29, 0.717) is 27.5 Å². The van der Waals surface area contributed by atoms with E-state index in [1.807, 2.05) is 69.3 Å². The van der Waals surface area contributed by atoms with E-state index >= 15 is 0 Å². The second-order valence-corrected chi connectivity index (χ2v) is 9.66. The van der Waals surface area contributed by atoms with Crippen LogP contribution in [0.25, 0.3) is 16.6 Å². The minimum Gasteiger partial charge on any atom is -0.495 e. The summed E-state index contributed by atoms with van der Waals surface area (Å²) in [6, 6.07) is 18.9. The zero-order valence-electron chi connectivity index (χ0n) is 19.9. The number of aromatic nitrogens is 2. The number of para-hydroxylation sites is 1. The van der Waals surface area contributed by atoms with Crippen LogP contribution in [0.15, 0.2) is 70.6 Å². The summed E-state index contributed by atoms with van der Waals surface area (Å²) >= 11 is 1.25. The van der Waals surface area contributed by atoms with Crippen LogP contribution in [-0.2, 0) is 4.79 Å². The van der Waals surface area contributed by atoms with Gasteiger partial charge in [0.15, 0.2) is 5.16 Å². The number of hydrogen-bond donors (Lipinski definition) is 1. The molecule has 1 heterocycles. The number of rotatable bonds is 6. The minimum absolute atomic E-state index is 0.161. The Morgan fingerprint density at radius 3 is 2.41 bits per heavy atom. The van der Waals surface area contributed by atoms with Gasteiger partial charge in [0.2, 0.25) is 5.91 Å². The molecule has 0 saturated heterocycles. The number of aryl methyl sites for hydroxylation is 3. The van der Waals surface area contributed by atoms with E-state index in [-0.39, 0.29) is 11.5 Å². The molecule has 3 aromatic carbocycles. The van der Waals surface area contributed by atoms with Crippen LogP contribution in [0.5, 0.6) is 5.75 Å². The number of nitrogens with one attached hydrogen (secondary N) is 1. The fraction of sp³-hybridized carbons (Fsp3) is 0.222. The Bertz CT molecular complexity index is 1430. The van der Waals surface area contributed by atoms with Gasteiger partial charge in [0.1, 0.15) is 5.75 Å². The zero-order valence-corrected chi connectivity index (χ0v) is 20.7. The molecule has 1 N–H and O–H groups in total. The van der Waals surface area contributed by atoms with Crippen LogP contribution in [0.3, 0.4) is 0 Å². The Kier molecular flexibility index (Phi) is 6.75. The van der Waals surface area contributed by atoms with Gasteiger partial charge in [-0.2, -0.15) is 0 Å². The van der Waals surface area contributed by atoms with Crippen molar-refractivity contribution in [3.63, 3.8) is 0 Å². The molecule has 1 aromatic heterocycles. The van der Waals surface area contributed by atoms with Crippen LogP contribution in [-0.4, -0.2) is 27.8 Å². The lowest BCUT2D eigenvalue weighted by molar-refractivity contribution is -0.115. The topological polar surface area (TPSA) is 73.2 Å². The molecule has 0 bridgehead atoms. The molecule has 1 unspecified atom stereocenters. The van der Waals surface area contributed by atoms with Gasteiger partial charge in [-0.1, -0.05) is 36.0 Å². The number of carbonyl (C=O) groups excluding carboxylic acids is 1. The van der Waals surface area contributed by atoms with Gasteiger partial charge in [0.25, 0.3) is 5.56 Å². The summed E-state index contributed by atoms with van der Waals surface area (Å²) in [7, 11) is 1.57. The first-order valence-electron chi connectivity index (χ1n) is 11.0. The molecule has 0 aliphatic rings. The molecule has 0 aliphatic carbocycles. The van der Waals surface area contributed by atoms with Gasteiger partial charge >= 0.3 is 0 Å². The maximum absolute atomic E-state index is 13.5. The molecule has 7 heteroatoms. The van der Waals surface area contributed by atoms with Crippen molar-refractivity contribution in [2.24, 2.45) is 0 Å². The van der Waals surface area contributed by atoms with Gasteiger partial charge in [-0.3, -0.25) is 14.2 Å². The van der Waals surface area contributed by atoms with Crippen LogP contribution in [0, 0.1) is 20.8 Å². The summed E-state index contributed by atoms with van der Waals surface area (Å²) in [6.45, 7) is 7.74. The van der Waals surface area contributed by atoms with E-state index in [2.05, 4.69) is 11.4 Å². The van der Waals surface area contributed by atoms with Crippen LogP contribution in [0.4, 0.5) is 5.69 Å².